The van der Waals surface area contributed by atoms with Gasteiger partial charge in [-0.3, -0.25) is 4.79 Å². The van der Waals surface area contributed by atoms with Crippen LogP contribution in [0.1, 0.15) is 16.8 Å². The smallest absolute Gasteiger partial charge is 0.255 e. The summed E-state index contributed by atoms with van der Waals surface area (Å²) >= 11 is 8.75. The standard InChI is InChI=1S/C12H13Br2NOS/c1-15(9-4-5-17-7-9)12(16)10-6-8(13)2-3-11(10)14/h2-3,6,9H,4-5,7H2,1H3. The predicted molar refractivity (Wildman–Crippen MR) is 79.7 cm³/mol. The van der Waals surface area contributed by atoms with Gasteiger partial charge in [0.1, 0.15) is 0 Å². The lowest BCUT2D eigenvalue weighted by molar-refractivity contribution is 0.0747. The first kappa shape index (κ1) is 13.4. The van der Waals surface area contributed by atoms with Crippen LogP contribution in [0.25, 0.3) is 0 Å². The Morgan fingerprint density at radius 1 is 1.47 bits per heavy atom. The van der Waals surface area contributed by atoms with Crippen LogP contribution in [0.2, 0.25) is 0 Å². The lowest BCUT2D eigenvalue weighted by atomic mass is 10.1. The number of hydrogen-bond acceptors (Lipinski definition) is 2. The van der Waals surface area contributed by atoms with E-state index in [1.165, 1.54) is 0 Å². The summed E-state index contributed by atoms with van der Waals surface area (Å²) in [5.74, 6) is 2.29. The Labute approximate surface area is 122 Å². The minimum Gasteiger partial charge on any atom is -0.338 e. The summed E-state index contributed by atoms with van der Waals surface area (Å²) in [6.07, 6.45) is 1.10. The maximum absolute atomic E-state index is 12.4. The van der Waals surface area contributed by atoms with Crippen LogP contribution >= 0.6 is 43.6 Å². The van der Waals surface area contributed by atoms with Crippen molar-refractivity contribution < 1.29 is 4.79 Å². The SMILES string of the molecule is CN(C(=O)c1cc(Br)ccc1Br)C1CCSC1. The van der Waals surface area contributed by atoms with Crippen LogP contribution in [-0.2, 0) is 0 Å². The second-order valence-electron chi connectivity index (χ2n) is 4.06. The van der Waals surface area contributed by atoms with E-state index in [-0.39, 0.29) is 5.91 Å². The molecule has 1 aliphatic rings. The van der Waals surface area contributed by atoms with E-state index in [2.05, 4.69) is 31.9 Å². The molecule has 2 rings (SSSR count). The van der Waals surface area contributed by atoms with E-state index in [4.69, 9.17) is 0 Å². The molecule has 1 saturated heterocycles. The topological polar surface area (TPSA) is 20.3 Å². The number of halogens is 2. The van der Waals surface area contributed by atoms with Gasteiger partial charge >= 0.3 is 0 Å². The first-order valence-corrected chi connectivity index (χ1v) is 8.13. The van der Waals surface area contributed by atoms with Gasteiger partial charge in [-0.15, -0.1) is 0 Å². The number of rotatable bonds is 2. The summed E-state index contributed by atoms with van der Waals surface area (Å²) in [5, 5.41) is 0. The summed E-state index contributed by atoms with van der Waals surface area (Å²) in [4.78, 5) is 14.2. The molecule has 5 heteroatoms. The molecule has 17 heavy (non-hydrogen) atoms. The number of hydrogen-bond donors (Lipinski definition) is 0. The van der Waals surface area contributed by atoms with Crippen LogP contribution in [0, 0.1) is 0 Å². The maximum atomic E-state index is 12.4. The quantitative estimate of drug-likeness (QED) is 0.780. The zero-order valence-electron chi connectivity index (χ0n) is 9.45. The molecule has 0 aliphatic carbocycles. The Balaban J connectivity index is 2.20. The lowest BCUT2D eigenvalue weighted by Gasteiger charge is -2.24. The third-order valence-electron chi connectivity index (χ3n) is 2.93. The van der Waals surface area contributed by atoms with Gasteiger partial charge in [0.05, 0.1) is 5.56 Å². The molecule has 2 nitrogen and oxygen atoms in total. The zero-order chi connectivity index (χ0) is 12.4. The molecule has 0 spiro atoms. The van der Waals surface area contributed by atoms with Crippen molar-refractivity contribution in [3.8, 4) is 0 Å². The minimum atomic E-state index is 0.0886. The summed E-state index contributed by atoms with van der Waals surface area (Å²) in [6.45, 7) is 0. The lowest BCUT2D eigenvalue weighted by Crippen LogP contribution is -2.37. The highest BCUT2D eigenvalue weighted by atomic mass is 79.9. The van der Waals surface area contributed by atoms with Gasteiger partial charge in [-0.2, -0.15) is 11.8 Å². The van der Waals surface area contributed by atoms with Crippen molar-refractivity contribution in [3.05, 3.63) is 32.7 Å². The van der Waals surface area contributed by atoms with Crippen molar-refractivity contribution in [3.63, 3.8) is 0 Å². The molecule has 1 aliphatic heterocycles. The molecule has 1 aromatic carbocycles. The molecule has 0 N–H and O–H groups in total. The number of nitrogens with zero attached hydrogens (tertiary/aromatic N) is 1. The van der Waals surface area contributed by atoms with Crippen molar-refractivity contribution in [2.75, 3.05) is 18.6 Å². The van der Waals surface area contributed by atoms with E-state index in [1.54, 1.807) is 0 Å². The van der Waals surface area contributed by atoms with Crippen LogP contribution in [0.5, 0.6) is 0 Å². The van der Waals surface area contributed by atoms with Crippen LogP contribution < -0.4 is 0 Å². The zero-order valence-corrected chi connectivity index (χ0v) is 13.4. The fourth-order valence-corrected chi connectivity index (χ4v) is 3.89. The van der Waals surface area contributed by atoms with Crippen LogP contribution in [0.15, 0.2) is 27.1 Å². The molecule has 1 unspecified atom stereocenters. The van der Waals surface area contributed by atoms with Crippen molar-refractivity contribution in [1.82, 2.24) is 4.90 Å². The summed E-state index contributed by atoms with van der Waals surface area (Å²) in [7, 11) is 1.90. The van der Waals surface area contributed by atoms with Crippen molar-refractivity contribution >= 4 is 49.5 Å². The van der Waals surface area contributed by atoms with Crippen molar-refractivity contribution in [2.24, 2.45) is 0 Å². The van der Waals surface area contributed by atoms with Crippen molar-refractivity contribution in [2.45, 2.75) is 12.5 Å². The molecule has 0 aromatic heterocycles. The third-order valence-corrected chi connectivity index (χ3v) is 5.26. The molecule has 0 radical (unpaired) electrons. The molecule has 1 heterocycles. The molecule has 92 valence electrons. The maximum Gasteiger partial charge on any atom is 0.255 e. The van der Waals surface area contributed by atoms with Gasteiger partial charge in [0, 0.05) is 27.8 Å². The first-order chi connectivity index (χ1) is 8.09. The summed E-state index contributed by atoms with van der Waals surface area (Å²) in [5.41, 5.74) is 0.721. The Morgan fingerprint density at radius 2 is 2.24 bits per heavy atom. The van der Waals surface area contributed by atoms with Gasteiger partial charge in [0.15, 0.2) is 0 Å². The van der Waals surface area contributed by atoms with Gasteiger partial charge in [-0.1, -0.05) is 15.9 Å². The Hall–Kier alpha value is -0.000000000000000111. The highest BCUT2D eigenvalue weighted by Gasteiger charge is 2.25. The number of amides is 1. The van der Waals surface area contributed by atoms with Crippen molar-refractivity contribution in [1.29, 1.82) is 0 Å². The molecule has 1 fully saturated rings. The predicted octanol–water partition coefficient (Wildman–Crippen LogP) is 3.79. The molecular formula is C12H13Br2NOS. The van der Waals surface area contributed by atoms with E-state index < -0.39 is 0 Å². The van der Waals surface area contributed by atoms with Crippen LogP contribution in [0.4, 0.5) is 0 Å². The average Bonchev–Trinajstić information content (AvgIpc) is 2.84. The Kier molecular flexibility index (Phi) is 4.55. The highest BCUT2D eigenvalue weighted by Crippen LogP contribution is 2.26. The van der Waals surface area contributed by atoms with E-state index in [0.717, 1.165) is 32.4 Å². The van der Waals surface area contributed by atoms with Gasteiger partial charge in [0.25, 0.3) is 5.91 Å². The van der Waals surface area contributed by atoms with E-state index in [1.807, 2.05) is 41.9 Å². The van der Waals surface area contributed by atoms with Gasteiger partial charge in [-0.05, 0) is 46.3 Å². The number of carbonyl (C=O) groups excluding carboxylic acids is 1. The fraction of sp³-hybridized carbons (Fsp3) is 0.417. The van der Waals surface area contributed by atoms with Gasteiger partial charge in [0.2, 0.25) is 0 Å². The fourth-order valence-electron chi connectivity index (χ4n) is 1.84. The molecule has 1 aromatic rings. The van der Waals surface area contributed by atoms with Gasteiger partial charge in [-0.25, -0.2) is 0 Å². The first-order valence-electron chi connectivity index (χ1n) is 5.39. The second-order valence-corrected chi connectivity index (χ2v) is 6.98. The molecule has 1 amide bonds. The second kappa shape index (κ2) is 5.76. The number of benzene rings is 1. The average molecular weight is 379 g/mol. The monoisotopic (exact) mass is 377 g/mol. The van der Waals surface area contributed by atoms with E-state index in [0.29, 0.717) is 6.04 Å². The molecule has 0 bridgehead atoms. The normalized spacial score (nSPS) is 19.4. The number of carbonyl (C=O) groups is 1. The minimum absolute atomic E-state index is 0.0886. The third kappa shape index (κ3) is 3.06. The van der Waals surface area contributed by atoms with Gasteiger partial charge < -0.3 is 4.90 Å². The largest absolute Gasteiger partial charge is 0.338 e. The van der Waals surface area contributed by atoms with Crippen LogP contribution in [0.3, 0.4) is 0 Å². The molecule has 1 atom stereocenters. The Morgan fingerprint density at radius 3 is 2.88 bits per heavy atom. The summed E-state index contributed by atoms with van der Waals surface area (Å²) in [6, 6.07) is 6.06. The molecular weight excluding hydrogens is 366 g/mol. The van der Waals surface area contributed by atoms with Crippen LogP contribution in [-0.4, -0.2) is 35.4 Å². The summed E-state index contributed by atoms with van der Waals surface area (Å²) < 4.78 is 1.78. The Bertz CT molecular complexity index is 433. The molecule has 0 saturated carbocycles. The highest BCUT2D eigenvalue weighted by molar-refractivity contribution is 9.11. The van der Waals surface area contributed by atoms with E-state index >= 15 is 0 Å². The number of thioether (sulfide) groups is 1. The van der Waals surface area contributed by atoms with E-state index in [9.17, 15) is 4.79 Å².